The quantitative estimate of drug-likeness (QED) is 0.773. The summed E-state index contributed by atoms with van der Waals surface area (Å²) in [5.74, 6) is 1.79. The predicted octanol–water partition coefficient (Wildman–Crippen LogP) is 4.17. The lowest BCUT2D eigenvalue weighted by molar-refractivity contribution is 0.104. The molecule has 0 N–H and O–H groups in total. The number of hydrogen-bond acceptors (Lipinski definition) is 3. The van der Waals surface area contributed by atoms with Gasteiger partial charge in [0.25, 0.3) is 0 Å². The lowest BCUT2D eigenvalue weighted by atomic mass is 10.0. The van der Waals surface area contributed by atoms with Gasteiger partial charge in [-0.15, -0.1) is 11.8 Å². The van der Waals surface area contributed by atoms with Gasteiger partial charge in [0.2, 0.25) is 0 Å². The standard InChI is InChI=1S/C17H14O2S/c1-19-14-8-6-12(7-9-14)10-16-17(18)15-5-3-2-4-13(15)11-20-16/h2-10H,11H2,1H3. The molecule has 0 radical (unpaired) electrons. The third-order valence-electron chi connectivity index (χ3n) is 3.28. The molecule has 3 heteroatoms. The molecule has 0 spiro atoms. The maximum Gasteiger partial charge on any atom is 0.199 e. The molecule has 2 nitrogen and oxygen atoms in total. The first-order valence-corrected chi connectivity index (χ1v) is 7.37. The number of fused-ring (bicyclic) bond motifs is 1. The van der Waals surface area contributed by atoms with E-state index < -0.39 is 0 Å². The summed E-state index contributed by atoms with van der Waals surface area (Å²) in [6, 6.07) is 15.5. The molecule has 0 fully saturated rings. The average molecular weight is 282 g/mol. The second-order valence-electron chi connectivity index (χ2n) is 4.56. The van der Waals surface area contributed by atoms with Crippen molar-refractivity contribution in [1.29, 1.82) is 0 Å². The molecule has 0 unspecified atom stereocenters. The summed E-state index contributed by atoms with van der Waals surface area (Å²) in [7, 11) is 1.64. The Morgan fingerprint density at radius 1 is 1.10 bits per heavy atom. The van der Waals surface area contributed by atoms with E-state index in [1.165, 1.54) is 0 Å². The van der Waals surface area contributed by atoms with E-state index in [-0.39, 0.29) is 5.78 Å². The Labute approximate surface area is 122 Å². The van der Waals surface area contributed by atoms with Crippen LogP contribution in [0.3, 0.4) is 0 Å². The van der Waals surface area contributed by atoms with Gasteiger partial charge >= 0.3 is 0 Å². The Morgan fingerprint density at radius 3 is 2.60 bits per heavy atom. The molecule has 0 atom stereocenters. The van der Waals surface area contributed by atoms with Gasteiger partial charge < -0.3 is 4.74 Å². The molecule has 0 bridgehead atoms. The van der Waals surface area contributed by atoms with Gasteiger partial charge in [-0.2, -0.15) is 0 Å². The maximum atomic E-state index is 12.4. The van der Waals surface area contributed by atoms with Crippen molar-refractivity contribution in [2.45, 2.75) is 5.75 Å². The van der Waals surface area contributed by atoms with Crippen LogP contribution in [0.2, 0.25) is 0 Å². The third kappa shape index (κ3) is 2.49. The first-order valence-electron chi connectivity index (χ1n) is 6.39. The van der Waals surface area contributed by atoms with E-state index in [4.69, 9.17) is 4.74 Å². The summed E-state index contributed by atoms with van der Waals surface area (Å²) in [6.45, 7) is 0. The van der Waals surface area contributed by atoms with Gasteiger partial charge in [-0.05, 0) is 29.3 Å². The number of hydrogen-bond donors (Lipinski definition) is 0. The number of ketones is 1. The van der Waals surface area contributed by atoms with Gasteiger partial charge in [0, 0.05) is 11.3 Å². The Balaban J connectivity index is 1.91. The van der Waals surface area contributed by atoms with Crippen LogP contribution in [0, 0.1) is 0 Å². The molecular formula is C17H14O2S. The number of allylic oxidation sites excluding steroid dienone is 1. The summed E-state index contributed by atoms with van der Waals surface area (Å²) >= 11 is 1.60. The van der Waals surface area contributed by atoms with Crippen molar-refractivity contribution in [3.63, 3.8) is 0 Å². The van der Waals surface area contributed by atoms with Crippen LogP contribution in [0.15, 0.2) is 53.4 Å². The zero-order valence-electron chi connectivity index (χ0n) is 11.1. The average Bonchev–Trinajstić information content (AvgIpc) is 2.51. The SMILES string of the molecule is COc1ccc(C=C2SCc3ccccc3C2=O)cc1. The Hall–Kier alpha value is -2.00. The van der Waals surface area contributed by atoms with Crippen LogP contribution >= 0.6 is 11.8 Å². The summed E-state index contributed by atoms with van der Waals surface area (Å²) in [5.41, 5.74) is 2.96. The molecule has 0 amide bonds. The van der Waals surface area contributed by atoms with Crippen LogP contribution in [-0.2, 0) is 5.75 Å². The normalized spacial score (nSPS) is 16.1. The first-order chi connectivity index (χ1) is 9.78. The molecule has 3 rings (SSSR count). The molecule has 0 aromatic heterocycles. The number of benzene rings is 2. The van der Waals surface area contributed by atoms with E-state index in [9.17, 15) is 4.79 Å². The molecule has 20 heavy (non-hydrogen) atoms. The molecule has 1 heterocycles. The van der Waals surface area contributed by atoms with E-state index in [1.807, 2.05) is 54.6 Å². The maximum absolute atomic E-state index is 12.4. The van der Waals surface area contributed by atoms with Crippen molar-refractivity contribution in [2.24, 2.45) is 0 Å². The molecule has 1 aliphatic rings. The highest BCUT2D eigenvalue weighted by Gasteiger charge is 2.21. The third-order valence-corrected chi connectivity index (χ3v) is 4.35. The van der Waals surface area contributed by atoms with Gasteiger partial charge in [-0.25, -0.2) is 0 Å². The zero-order chi connectivity index (χ0) is 13.9. The lowest BCUT2D eigenvalue weighted by Crippen LogP contribution is -2.09. The predicted molar refractivity (Wildman–Crippen MR) is 83.0 cm³/mol. The monoisotopic (exact) mass is 282 g/mol. The molecular weight excluding hydrogens is 268 g/mol. The largest absolute Gasteiger partial charge is 0.497 e. The zero-order valence-corrected chi connectivity index (χ0v) is 11.9. The molecule has 1 aliphatic heterocycles. The molecule has 0 saturated carbocycles. The minimum absolute atomic E-state index is 0.118. The number of thioether (sulfide) groups is 1. The van der Waals surface area contributed by atoms with Crippen molar-refractivity contribution in [3.05, 3.63) is 70.1 Å². The van der Waals surface area contributed by atoms with Crippen LogP contribution in [-0.4, -0.2) is 12.9 Å². The fourth-order valence-electron chi connectivity index (χ4n) is 2.18. The molecule has 0 aliphatic carbocycles. The van der Waals surface area contributed by atoms with E-state index in [2.05, 4.69) is 0 Å². The Morgan fingerprint density at radius 2 is 1.85 bits per heavy atom. The highest BCUT2D eigenvalue weighted by Crippen LogP contribution is 2.34. The van der Waals surface area contributed by atoms with E-state index in [0.717, 1.165) is 33.1 Å². The summed E-state index contributed by atoms with van der Waals surface area (Å²) in [4.78, 5) is 13.2. The van der Waals surface area contributed by atoms with Crippen molar-refractivity contribution in [2.75, 3.05) is 7.11 Å². The fraction of sp³-hybridized carbons (Fsp3) is 0.118. The minimum atomic E-state index is 0.118. The summed E-state index contributed by atoms with van der Waals surface area (Å²) < 4.78 is 5.13. The second-order valence-corrected chi connectivity index (χ2v) is 5.57. The van der Waals surface area contributed by atoms with Gasteiger partial charge in [0.15, 0.2) is 5.78 Å². The summed E-state index contributed by atoms with van der Waals surface area (Å²) in [5, 5.41) is 0. The highest BCUT2D eigenvalue weighted by atomic mass is 32.2. The van der Waals surface area contributed by atoms with Gasteiger partial charge in [0.05, 0.1) is 12.0 Å². The molecule has 100 valence electrons. The second kappa shape index (κ2) is 5.55. The number of methoxy groups -OCH3 is 1. The van der Waals surface area contributed by atoms with E-state index in [1.54, 1.807) is 18.9 Å². The summed E-state index contributed by atoms with van der Waals surface area (Å²) in [6.07, 6.45) is 1.95. The van der Waals surface area contributed by atoms with Crippen molar-refractivity contribution < 1.29 is 9.53 Å². The van der Waals surface area contributed by atoms with E-state index >= 15 is 0 Å². The van der Waals surface area contributed by atoms with Gasteiger partial charge in [0.1, 0.15) is 5.75 Å². The molecule has 2 aromatic carbocycles. The van der Waals surface area contributed by atoms with Crippen LogP contribution in [0.1, 0.15) is 21.5 Å². The topological polar surface area (TPSA) is 26.3 Å². The smallest absolute Gasteiger partial charge is 0.199 e. The molecule has 0 saturated heterocycles. The van der Waals surface area contributed by atoms with Crippen LogP contribution in [0.25, 0.3) is 6.08 Å². The van der Waals surface area contributed by atoms with Gasteiger partial charge in [-0.3, -0.25) is 4.79 Å². The lowest BCUT2D eigenvalue weighted by Gasteiger charge is -2.16. The van der Waals surface area contributed by atoms with Crippen molar-refractivity contribution in [1.82, 2.24) is 0 Å². The van der Waals surface area contributed by atoms with Crippen LogP contribution < -0.4 is 4.74 Å². The van der Waals surface area contributed by atoms with E-state index in [0.29, 0.717) is 0 Å². The minimum Gasteiger partial charge on any atom is -0.497 e. The molecule has 2 aromatic rings. The van der Waals surface area contributed by atoms with Crippen LogP contribution in [0.5, 0.6) is 5.75 Å². The number of carbonyl (C=O) groups is 1. The Bertz CT molecular complexity index is 672. The van der Waals surface area contributed by atoms with Crippen LogP contribution in [0.4, 0.5) is 0 Å². The fourth-order valence-corrected chi connectivity index (χ4v) is 3.20. The number of carbonyl (C=O) groups excluding carboxylic acids is 1. The highest BCUT2D eigenvalue weighted by molar-refractivity contribution is 8.03. The Kier molecular flexibility index (Phi) is 3.61. The van der Waals surface area contributed by atoms with Crippen molar-refractivity contribution in [3.8, 4) is 5.75 Å². The number of Topliss-reactive ketones (excluding diaryl/α,β-unsaturated/α-hetero) is 1. The first kappa shape index (κ1) is 13.0. The number of rotatable bonds is 2. The van der Waals surface area contributed by atoms with Crippen molar-refractivity contribution >= 4 is 23.6 Å². The van der Waals surface area contributed by atoms with Gasteiger partial charge in [-0.1, -0.05) is 36.4 Å². The number of ether oxygens (including phenoxy) is 1.